The van der Waals surface area contributed by atoms with Gasteiger partial charge in [0.05, 0.1) is 6.54 Å². The fraction of sp³-hybridized carbons (Fsp3) is 0.467. The number of fused-ring (bicyclic) bond motifs is 1. The Morgan fingerprint density at radius 2 is 1.90 bits per heavy atom. The van der Waals surface area contributed by atoms with Crippen LogP contribution in [0.4, 0.5) is 5.69 Å². The number of aliphatic imine (C=N–C) groups is 1. The van der Waals surface area contributed by atoms with Crippen LogP contribution >= 0.6 is 0 Å². The van der Waals surface area contributed by atoms with Crippen LogP contribution in [0.2, 0.25) is 0 Å². The molecule has 5 nitrogen and oxygen atoms in total. The Bertz CT molecular complexity index is 547. The minimum atomic E-state index is 0.462. The monoisotopic (exact) mass is 272 g/mol. The predicted octanol–water partition coefficient (Wildman–Crippen LogP) is 2.16. The fourth-order valence-corrected chi connectivity index (χ4v) is 2.91. The lowest BCUT2D eigenvalue weighted by Crippen LogP contribution is -2.36. The molecule has 0 unspecified atom stereocenters. The molecule has 0 amide bonds. The molecule has 3 rings (SSSR count). The Morgan fingerprint density at radius 1 is 1.15 bits per heavy atom. The van der Waals surface area contributed by atoms with Crippen LogP contribution in [0.5, 0.6) is 0 Å². The summed E-state index contributed by atoms with van der Waals surface area (Å²) in [4.78, 5) is 9.00. The van der Waals surface area contributed by atoms with Gasteiger partial charge in [0.25, 0.3) is 0 Å². The molecule has 0 aliphatic carbocycles. The molecule has 0 aromatic heterocycles. The molecule has 0 bridgehead atoms. The first-order valence-electron chi connectivity index (χ1n) is 7.14. The summed E-state index contributed by atoms with van der Waals surface area (Å²) in [5.41, 5.74) is 2.26. The zero-order chi connectivity index (χ0) is 13.9. The number of nitrogens with zero attached hydrogens (tertiary/aromatic N) is 4. The van der Waals surface area contributed by atoms with Crippen molar-refractivity contribution in [3.8, 4) is 0 Å². The molecular formula is C15H20N4O. The van der Waals surface area contributed by atoms with Gasteiger partial charge in [-0.1, -0.05) is 17.3 Å². The molecular weight excluding hydrogens is 252 g/mol. The van der Waals surface area contributed by atoms with E-state index in [-0.39, 0.29) is 0 Å². The molecule has 1 aromatic carbocycles. The lowest BCUT2D eigenvalue weighted by atomic mass is 10.1. The maximum atomic E-state index is 9.16. The molecule has 0 spiro atoms. The Morgan fingerprint density at radius 3 is 2.65 bits per heavy atom. The van der Waals surface area contributed by atoms with Crippen LogP contribution < -0.4 is 4.90 Å². The maximum absolute atomic E-state index is 9.16. The van der Waals surface area contributed by atoms with E-state index >= 15 is 0 Å². The second-order valence-corrected chi connectivity index (χ2v) is 5.37. The number of benzodiazepines with no additional fused rings is 1. The summed E-state index contributed by atoms with van der Waals surface area (Å²) < 4.78 is 0. The van der Waals surface area contributed by atoms with Crippen LogP contribution in [-0.2, 0) is 0 Å². The topological polar surface area (TPSA) is 51.4 Å². The summed E-state index contributed by atoms with van der Waals surface area (Å²) in [6.07, 6.45) is 3.68. The van der Waals surface area contributed by atoms with E-state index in [2.05, 4.69) is 32.1 Å². The first-order chi connectivity index (χ1) is 9.79. The van der Waals surface area contributed by atoms with Crippen LogP contribution in [0.1, 0.15) is 24.8 Å². The van der Waals surface area contributed by atoms with Gasteiger partial charge in [-0.25, -0.2) is 4.99 Å². The van der Waals surface area contributed by atoms with E-state index in [0.717, 1.165) is 30.2 Å². The Labute approximate surface area is 119 Å². The third-order valence-corrected chi connectivity index (χ3v) is 3.94. The number of oxime groups is 1. The first-order valence-corrected chi connectivity index (χ1v) is 7.14. The fourth-order valence-electron chi connectivity index (χ4n) is 2.91. The molecule has 1 N–H and O–H groups in total. The number of rotatable bonds is 0. The van der Waals surface area contributed by atoms with Crippen molar-refractivity contribution in [2.45, 2.75) is 19.3 Å². The minimum Gasteiger partial charge on any atom is -0.409 e. The molecule has 20 heavy (non-hydrogen) atoms. The van der Waals surface area contributed by atoms with Gasteiger partial charge in [-0.2, -0.15) is 0 Å². The molecule has 1 saturated heterocycles. The summed E-state index contributed by atoms with van der Waals surface area (Å²) in [6.45, 7) is 2.57. The number of hydrogen-bond acceptors (Lipinski definition) is 4. The Balaban J connectivity index is 2.07. The minimum absolute atomic E-state index is 0.462. The normalized spacial score (nSPS) is 21.4. The van der Waals surface area contributed by atoms with E-state index in [1.807, 2.05) is 19.2 Å². The summed E-state index contributed by atoms with van der Waals surface area (Å²) in [5.74, 6) is 1.40. The summed E-state index contributed by atoms with van der Waals surface area (Å²) in [7, 11) is 2.00. The lowest BCUT2D eigenvalue weighted by Gasteiger charge is -2.30. The SMILES string of the molecule is CN1CC(=NO)N=C(N2CCCCC2)c2ccccc21. The van der Waals surface area contributed by atoms with E-state index in [1.165, 1.54) is 19.3 Å². The lowest BCUT2D eigenvalue weighted by molar-refractivity contribution is 0.317. The highest BCUT2D eigenvalue weighted by molar-refractivity contribution is 6.12. The van der Waals surface area contributed by atoms with Crippen LogP contribution in [0.25, 0.3) is 0 Å². The molecule has 1 fully saturated rings. The number of para-hydroxylation sites is 1. The zero-order valence-corrected chi connectivity index (χ0v) is 11.8. The number of hydrogen-bond donors (Lipinski definition) is 1. The molecule has 2 aliphatic heterocycles. The van der Waals surface area contributed by atoms with Crippen molar-refractivity contribution < 1.29 is 5.21 Å². The molecule has 106 valence electrons. The molecule has 1 aromatic rings. The molecule has 0 saturated carbocycles. The van der Waals surface area contributed by atoms with Crippen LogP contribution in [-0.4, -0.2) is 48.5 Å². The van der Waals surface area contributed by atoms with Gasteiger partial charge >= 0.3 is 0 Å². The number of piperidine rings is 1. The largest absolute Gasteiger partial charge is 0.409 e. The van der Waals surface area contributed by atoms with Gasteiger partial charge in [-0.15, -0.1) is 0 Å². The Kier molecular flexibility index (Phi) is 3.58. The van der Waals surface area contributed by atoms with Gasteiger partial charge in [0.2, 0.25) is 0 Å². The summed E-state index contributed by atoms with van der Waals surface area (Å²) >= 11 is 0. The number of likely N-dealkylation sites (N-methyl/N-ethyl adjacent to an activating group) is 1. The van der Waals surface area contributed by atoms with Crippen LogP contribution in [0.3, 0.4) is 0 Å². The van der Waals surface area contributed by atoms with E-state index in [9.17, 15) is 0 Å². The van der Waals surface area contributed by atoms with Crippen molar-refractivity contribution in [3.63, 3.8) is 0 Å². The van der Waals surface area contributed by atoms with Gasteiger partial charge in [0.1, 0.15) is 5.84 Å². The second kappa shape index (κ2) is 5.53. The third-order valence-electron chi connectivity index (χ3n) is 3.94. The number of anilines is 1. The smallest absolute Gasteiger partial charge is 0.188 e. The molecule has 2 heterocycles. The van der Waals surface area contributed by atoms with E-state index in [1.54, 1.807) is 0 Å². The number of likely N-dealkylation sites (tertiary alicyclic amines) is 1. The van der Waals surface area contributed by atoms with Crippen molar-refractivity contribution in [2.24, 2.45) is 10.1 Å². The van der Waals surface area contributed by atoms with Gasteiger partial charge in [-0.3, -0.25) is 0 Å². The van der Waals surface area contributed by atoms with Crippen molar-refractivity contribution in [2.75, 3.05) is 31.6 Å². The molecule has 5 heteroatoms. The molecule has 0 atom stereocenters. The van der Waals surface area contributed by atoms with E-state index in [4.69, 9.17) is 5.21 Å². The van der Waals surface area contributed by atoms with Gasteiger partial charge in [0, 0.05) is 31.4 Å². The third kappa shape index (κ3) is 2.35. The summed E-state index contributed by atoms with van der Waals surface area (Å²) in [6, 6.07) is 8.26. The highest BCUT2D eigenvalue weighted by Crippen LogP contribution is 2.25. The number of amidine groups is 2. The predicted molar refractivity (Wildman–Crippen MR) is 80.9 cm³/mol. The van der Waals surface area contributed by atoms with Crippen LogP contribution in [0, 0.1) is 0 Å². The molecule has 0 radical (unpaired) electrons. The van der Waals surface area contributed by atoms with Crippen molar-refractivity contribution in [1.29, 1.82) is 0 Å². The van der Waals surface area contributed by atoms with E-state index < -0.39 is 0 Å². The number of benzene rings is 1. The van der Waals surface area contributed by atoms with Gasteiger partial charge < -0.3 is 15.0 Å². The summed E-state index contributed by atoms with van der Waals surface area (Å²) in [5, 5.41) is 12.5. The van der Waals surface area contributed by atoms with Crippen molar-refractivity contribution >= 4 is 17.4 Å². The van der Waals surface area contributed by atoms with Gasteiger partial charge in [-0.05, 0) is 31.4 Å². The van der Waals surface area contributed by atoms with Crippen LogP contribution in [0.15, 0.2) is 34.4 Å². The van der Waals surface area contributed by atoms with E-state index in [0.29, 0.717) is 12.4 Å². The molecule has 2 aliphatic rings. The average Bonchev–Trinajstić information content (AvgIpc) is 2.65. The second-order valence-electron chi connectivity index (χ2n) is 5.37. The average molecular weight is 272 g/mol. The highest BCUT2D eigenvalue weighted by Gasteiger charge is 2.24. The highest BCUT2D eigenvalue weighted by atomic mass is 16.4. The Hall–Kier alpha value is -2.04. The maximum Gasteiger partial charge on any atom is 0.188 e. The first kappa shape index (κ1) is 13.0. The quantitative estimate of drug-likeness (QED) is 0.581. The van der Waals surface area contributed by atoms with Crippen molar-refractivity contribution in [3.05, 3.63) is 29.8 Å². The standard InChI is InChI=1S/C15H20N4O/c1-18-11-14(17-20)16-15(19-9-5-2-6-10-19)12-7-3-4-8-13(12)18/h3-4,7-8,20H,2,5-6,9-11H2,1H3. The van der Waals surface area contributed by atoms with Gasteiger partial charge in [0.15, 0.2) is 5.84 Å². The van der Waals surface area contributed by atoms with Crippen molar-refractivity contribution in [1.82, 2.24) is 4.90 Å². The zero-order valence-electron chi connectivity index (χ0n) is 11.8.